The maximum absolute atomic E-state index is 13.5. The molecule has 0 aliphatic rings. The number of rotatable bonds is 9. The second kappa shape index (κ2) is 11.9. The predicted octanol–water partition coefficient (Wildman–Crippen LogP) is 6.32. The summed E-state index contributed by atoms with van der Waals surface area (Å²) in [5.74, 6) is -1.05. The minimum Gasteiger partial charge on any atom is -0.362 e. The maximum atomic E-state index is 13.5. The van der Waals surface area contributed by atoms with E-state index in [0.717, 1.165) is 10.4 Å². The van der Waals surface area contributed by atoms with E-state index in [2.05, 4.69) is 5.32 Å². The second-order valence-corrected chi connectivity index (χ2v) is 9.83. The Labute approximate surface area is 212 Å². The number of benzene rings is 2. The minimum absolute atomic E-state index is 0.183. The number of anilines is 1. The number of hydrogen-bond acceptors (Lipinski definition) is 4. The first kappa shape index (κ1) is 25.5. The van der Waals surface area contributed by atoms with E-state index in [1.807, 2.05) is 36.6 Å². The van der Waals surface area contributed by atoms with Crippen molar-refractivity contribution in [3.63, 3.8) is 0 Å². The highest BCUT2D eigenvalue weighted by molar-refractivity contribution is 7.09. The average Bonchev–Trinajstić information content (AvgIpc) is 3.25. The third kappa shape index (κ3) is 7.19. The summed E-state index contributed by atoms with van der Waals surface area (Å²) in [5.41, 5.74) is 1.27. The molecule has 0 spiro atoms. The summed E-state index contributed by atoms with van der Waals surface area (Å²) >= 11 is 19.7. The lowest BCUT2D eigenvalue weighted by molar-refractivity contribution is -0.150. The molecular weight excluding hydrogens is 503 g/mol. The molecule has 174 valence electrons. The summed E-state index contributed by atoms with van der Waals surface area (Å²) in [6.07, 6.45) is -0.695. The molecule has 0 aliphatic carbocycles. The number of amides is 2. The summed E-state index contributed by atoms with van der Waals surface area (Å²) in [4.78, 5) is 29.3. The van der Waals surface area contributed by atoms with Gasteiger partial charge in [0.1, 0.15) is 0 Å². The molecule has 2 amide bonds. The molecule has 3 aromatic rings. The van der Waals surface area contributed by atoms with E-state index in [0.29, 0.717) is 33.7 Å². The fourth-order valence-corrected chi connectivity index (χ4v) is 4.85. The zero-order valence-electron chi connectivity index (χ0n) is 18.1. The van der Waals surface area contributed by atoms with Crippen LogP contribution < -0.4 is 5.32 Å². The van der Waals surface area contributed by atoms with Crippen molar-refractivity contribution in [3.05, 3.63) is 85.5 Å². The van der Waals surface area contributed by atoms with Gasteiger partial charge in [-0.2, -0.15) is 0 Å². The zero-order valence-corrected chi connectivity index (χ0v) is 21.1. The SMILES string of the molecule is COC(C(=O)Nc1cc(Cl)cc(Cl)c1)C(=O)N(Cc1ccc(Cl)cc1)C(C)Cc1cccs1. The lowest BCUT2D eigenvalue weighted by Gasteiger charge is -2.32. The highest BCUT2D eigenvalue weighted by Crippen LogP contribution is 2.24. The third-order valence-corrected chi connectivity index (χ3v) is 6.57. The summed E-state index contributed by atoms with van der Waals surface area (Å²) in [7, 11) is 1.33. The Bertz CT molecular complexity index is 1070. The van der Waals surface area contributed by atoms with Gasteiger partial charge in [-0.3, -0.25) is 9.59 Å². The van der Waals surface area contributed by atoms with Gasteiger partial charge in [-0.05, 0) is 54.3 Å². The van der Waals surface area contributed by atoms with E-state index < -0.39 is 17.9 Å². The van der Waals surface area contributed by atoms with Crippen LogP contribution >= 0.6 is 46.1 Å². The predicted molar refractivity (Wildman–Crippen MR) is 135 cm³/mol. The van der Waals surface area contributed by atoms with Crippen LogP contribution in [0.5, 0.6) is 0 Å². The molecule has 1 N–H and O–H groups in total. The van der Waals surface area contributed by atoms with E-state index in [9.17, 15) is 9.59 Å². The number of methoxy groups -OCH3 is 1. The van der Waals surface area contributed by atoms with Crippen molar-refractivity contribution in [1.29, 1.82) is 0 Å². The molecule has 9 heteroatoms. The number of hydrogen-bond donors (Lipinski definition) is 1. The topological polar surface area (TPSA) is 58.6 Å². The molecule has 0 saturated heterocycles. The lowest BCUT2D eigenvalue weighted by atomic mass is 10.1. The summed E-state index contributed by atoms with van der Waals surface area (Å²) < 4.78 is 5.34. The van der Waals surface area contributed by atoms with Gasteiger partial charge < -0.3 is 15.0 Å². The molecule has 2 unspecified atom stereocenters. The van der Waals surface area contributed by atoms with Gasteiger partial charge >= 0.3 is 0 Å². The monoisotopic (exact) mass is 524 g/mol. The Kier molecular flexibility index (Phi) is 9.18. The van der Waals surface area contributed by atoms with Crippen LogP contribution in [0.1, 0.15) is 17.4 Å². The van der Waals surface area contributed by atoms with Crippen LogP contribution in [0.3, 0.4) is 0 Å². The standard InChI is InChI=1S/C24H23Cl3N2O3S/c1-15(10-21-4-3-9-33-21)29(14-16-5-7-17(25)8-6-16)24(31)22(32-2)23(30)28-20-12-18(26)11-19(27)13-20/h3-9,11-13,15,22H,10,14H2,1-2H3,(H,28,30). The number of nitrogens with zero attached hydrogens (tertiary/aromatic N) is 1. The van der Waals surface area contributed by atoms with Gasteiger partial charge in [0.15, 0.2) is 0 Å². The van der Waals surface area contributed by atoms with Gasteiger partial charge in [-0.15, -0.1) is 11.3 Å². The molecule has 3 rings (SSSR count). The van der Waals surface area contributed by atoms with E-state index in [-0.39, 0.29) is 6.04 Å². The van der Waals surface area contributed by atoms with E-state index in [4.69, 9.17) is 39.5 Å². The second-order valence-electron chi connectivity index (χ2n) is 7.49. The molecular formula is C24H23Cl3N2O3S. The van der Waals surface area contributed by atoms with Gasteiger partial charge in [-0.25, -0.2) is 0 Å². The summed E-state index contributed by atoms with van der Waals surface area (Å²) in [6, 6.07) is 15.7. The van der Waals surface area contributed by atoms with Gasteiger partial charge in [0.25, 0.3) is 11.8 Å². The van der Waals surface area contributed by atoms with Crippen LogP contribution in [-0.2, 0) is 27.3 Å². The van der Waals surface area contributed by atoms with E-state index >= 15 is 0 Å². The van der Waals surface area contributed by atoms with Crippen LogP contribution in [0.25, 0.3) is 0 Å². The van der Waals surface area contributed by atoms with Crippen molar-refractivity contribution < 1.29 is 14.3 Å². The van der Waals surface area contributed by atoms with Crippen LogP contribution in [0.4, 0.5) is 5.69 Å². The Morgan fingerprint density at radius 1 is 1.03 bits per heavy atom. The molecule has 33 heavy (non-hydrogen) atoms. The smallest absolute Gasteiger partial charge is 0.263 e. The Morgan fingerprint density at radius 3 is 2.27 bits per heavy atom. The van der Waals surface area contributed by atoms with Crippen LogP contribution in [0.2, 0.25) is 15.1 Å². The number of halogens is 3. The van der Waals surface area contributed by atoms with E-state index in [1.165, 1.54) is 7.11 Å². The van der Waals surface area contributed by atoms with Crippen molar-refractivity contribution in [1.82, 2.24) is 4.90 Å². The number of ether oxygens (including phenoxy) is 1. The van der Waals surface area contributed by atoms with Gasteiger partial charge in [0.05, 0.1) is 0 Å². The van der Waals surface area contributed by atoms with Crippen LogP contribution in [0.15, 0.2) is 60.0 Å². The molecule has 0 radical (unpaired) electrons. The fraction of sp³-hybridized carbons (Fsp3) is 0.250. The van der Waals surface area contributed by atoms with Crippen molar-refractivity contribution in [3.8, 4) is 0 Å². The molecule has 0 fully saturated rings. The Balaban J connectivity index is 1.83. The number of thiophene rings is 1. The zero-order chi connectivity index (χ0) is 24.0. The molecule has 2 aromatic carbocycles. The third-order valence-electron chi connectivity index (χ3n) is 4.99. The number of carbonyl (C=O) groups excluding carboxylic acids is 2. The van der Waals surface area contributed by atoms with Gasteiger partial charge in [0.2, 0.25) is 6.10 Å². The maximum Gasteiger partial charge on any atom is 0.263 e. The van der Waals surface area contributed by atoms with Crippen LogP contribution in [-0.4, -0.2) is 36.0 Å². The molecule has 0 saturated carbocycles. The molecule has 5 nitrogen and oxygen atoms in total. The van der Waals surface area contributed by atoms with E-state index in [1.54, 1.807) is 46.6 Å². The first-order valence-corrected chi connectivity index (χ1v) is 12.1. The Hall–Kier alpha value is -2.09. The largest absolute Gasteiger partial charge is 0.362 e. The molecule has 1 heterocycles. The van der Waals surface area contributed by atoms with Crippen molar-refractivity contribution in [2.24, 2.45) is 0 Å². The molecule has 2 atom stereocenters. The van der Waals surface area contributed by atoms with Gasteiger partial charge in [-0.1, -0.05) is 53.0 Å². The number of nitrogens with one attached hydrogen (secondary N) is 1. The van der Waals surface area contributed by atoms with Gasteiger partial charge in [0, 0.05) is 51.7 Å². The number of carbonyl (C=O) groups is 2. The first-order valence-electron chi connectivity index (χ1n) is 10.1. The normalized spacial score (nSPS) is 12.8. The molecule has 1 aromatic heterocycles. The fourth-order valence-electron chi connectivity index (χ4n) is 3.37. The highest BCUT2D eigenvalue weighted by atomic mass is 35.5. The van der Waals surface area contributed by atoms with Crippen molar-refractivity contribution in [2.75, 3.05) is 12.4 Å². The lowest BCUT2D eigenvalue weighted by Crippen LogP contribution is -2.49. The minimum atomic E-state index is -1.35. The summed E-state index contributed by atoms with van der Waals surface area (Å²) in [5, 5.41) is 6.01. The van der Waals surface area contributed by atoms with Crippen molar-refractivity contribution >= 4 is 63.6 Å². The highest BCUT2D eigenvalue weighted by Gasteiger charge is 2.33. The average molecular weight is 526 g/mol. The van der Waals surface area contributed by atoms with Crippen molar-refractivity contribution in [2.45, 2.75) is 32.0 Å². The molecule has 0 aliphatic heterocycles. The quantitative estimate of drug-likeness (QED) is 0.333. The van der Waals surface area contributed by atoms with Crippen LogP contribution in [0, 0.1) is 0 Å². The summed E-state index contributed by atoms with van der Waals surface area (Å²) in [6.45, 7) is 2.26. The molecule has 0 bridgehead atoms. The first-order chi connectivity index (χ1) is 15.8. The Morgan fingerprint density at radius 2 is 1.70 bits per heavy atom.